The van der Waals surface area contributed by atoms with Gasteiger partial charge in [-0.3, -0.25) is 14.9 Å². The number of amides is 1. The van der Waals surface area contributed by atoms with Gasteiger partial charge in [-0.15, -0.1) is 0 Å². The van der Waals surface area contributed by atoms with E-state index in [1.54, 1.807) is 29.7 Å². The van der Waals surface area contributed by atoms with Crippen LogP contribution >= 0.6 is 0 Å². The van der Waals surface area contributed by atoms with E-state index in [1.807, 2.05) is 22.5 Å². The number of nitrogens with zero attached hydrogens (tertiary/aromatic N) is 2. The van der Waals surface area contributed by atoms with E-state index in [-0.39, 0.29) is 5.56 Å². The van der Waals surface area contributed by atoms with Gasteiger partial charge < -0.3 is 0 Å². The van der Waals surface area contributed by atoms with Gasteiger partial charge in [-0.2, -0.15) is 0 Å². The monoisotopic (exact) mass is 359 g/mol. The van der Waals surface area contributed by atoms with Gasteiger partial charge in [0.05, 0.1) is 10.5 Å². The zero-order valence-corrected chi connectivity index (χ0v) is 14.6. The first kappa shape index (κ1) is 17.8. The van der Waals surface area contributed by atoms with E-state index >= 15 is 0 Å². The zero-order chi connectivity index (χ0) is 17.6. The van der Waals surface area contributed by atoms with E-state index < -0.39 is 16.9 Å². The first-order valence-electron chi connectivity index (χ1n) is 8.15. The van der Waals surface area contributed by atoms with Crippen molar-refractivity contribution in [3.8, 4) is 0 Å². The van der Waals surface area contributed by atoms with Crippen LogP contribution in [0.25, 0.3) is 0 Å². The van der Waals surface area contributed by atoms with E-state index in [0.717, 1.165) is 19.6 Å². The molecular weight excluding hydrogens is 338 g/mol. The molecule has 2 aromatic carbocycles. The summed E-state index contributed by atoms with van der Waals surface area (Å²) >= 11 is 0. The molecule has 0 aliphatic carbocycles. The number of hydroxylamine groups is 1. The number of rotatable bonds is 5. The fourth-order valence-corrected chi connectivity index (χ4v) is 4.22. The second kappa shape index (κ2) is 8.35. The fourth-order valence-electron chi connectivity index (χ4n) is 2.90. The Labute approximate surface area is 149 Å². The molecule has 0 spiro atoms. The predicted molar refractivity (Wildman–Crippen MR) is 95.4 cm³/mol. The Morgan fingerprint density at radius 3 is 2.32 bits per heavy atom. The van der Waals surface area contributed by atoms with Crippen molar-refractivity contribution in [3.63, 3.8) is 0 Å². The lowest BCUT2D eigenvalue weighted by Crippen LogP contribution is -2.46. The molecule has 2 aromatic rings. The standard InChI is InChI=1S/C18H21N3O3S/c22-18(19-23)16-8-4-5-9-17(16)25(24)21-12-10-20(11-13-21)14-15-6-2-1-3-7-15/h1-9,23H,10-14H2,(H,19,22). The van der Waals surface area contributed by atoms with E-state index in [4.69, 9.17) is 5.21 Å². The molecule has 1 amide bonds. The Morgan fingerprint density at radius 2 is 1.64 bits per heavy atom. The molecule has 1 unspecified atom stereocenters. The summed E-state index contributed by atoms with van der Waals surface area (Å²) in [6.07, 6.45) is 0. The number of hydrogen-bond acceptors (Lipinski definition) is 4. The van der Waals surface area contributed by atoms with Gasteiger partial charge in [0, 0.05) is 32.7 Å². The molecule has 0 radical (unpaired) electrons. The first-order valence-corrected chi connectivity index (χ1v) is 9.26. The maximum Gasteiger partial charge on any atom is 0.275 e. The highest BCUT2D eigenvalue weighted by atomic mass is 32.2. The van der Waals surface area contributed by atoms with Gasteiger partial charge in [0.1, 0.15) is 11.0 Å². The lowest BCUT2D eigenvalue weighted by atomic mass is 10.2. The largest absolute Gasteiger partial charge is 0.296 e. The van der Waals surface area contributed by atoms with E-state index in [0.29, 0.717) is 18.0 Å². The third kappa shape index (κ3) is 4.32. The molecule has 2 N–H and O–H groups in total. The number of nitrogens with one attached hydrogen (secondary N) is 1. The molecular formula is C18H21N3O3S. The van der Waals surface area contributed by atoms with E-state index in [9.17, 15) is 9.00 Å². The lowest BCUT2D eigenvalue weighted by Gasteiger charge is -2.33. The summed E-state index contributed by atoms with van der Waals surface area (Å²) in [6, 6.07) is 16.9. The maximum absolute atomic E-state index is 12.9. The van der Waals surface area contributed by atoms with Crippen LogP contribution in [0.4, 0.5) is 0 Å². The third-order valence-electron chi connectivity index (χ3n) is 4.24. The Kier molecular flexibility index (Phi) is 5.93. The summed E-state index contributed by atoms with van der Waals surface area (Å²) in [5.74, 6) is -0.647. The molecule has 6 nitrogen and oxygen atoms in total. The molecule has 1 heterocycles. The minimum atomic E-state index is -1.43. The lowest BCUT2D eigenvalue weighted by molar-refractivity contribution is 0.0702. The summed E-state index contributed by atoms with van der Waals surface area (Å²) in [6.45, 7) is 3.83. The van der Waals surface area contributed by atoms with Crippen LogP contribution in [0.2, 0.25) is 0 Å². The summed E-state index contributed by atoms with van der Waals surface area (Å²) < 4.78 is 14.7. The average Bonchev–Trinajstić information content (AvgIpc) is 2.68. The summed E-state index contributed by atoms with van der Waals surface area (Å²) in [5.41, 5.74) is 3.11. The Bertz CT molecular complexity index is 746. The van der Waals surface area contributed by atoms with Gasteiger partial charge in [-0.25, -0.2) is 14.0 Å². The average molecular weight is 359 g/mol. The normalized spacial score (nSPS) is 17.2. The predicted octanol–water partition coefficient (Wildman–Crippen LogP) is 1.65. The van der Waals surface area contributed by atoms with E-state index in [1.165, 1.54) is 5.56 Å². The molecule has 0 saturated carbocycles. The van der Waals surface area contributed by atoms with Crippen molar-refractivity contribution < 1.29 is 14.2 Å². The summed E-state index contributed by atoms with van der Waals surface area (Å²) in [7, 11) is -1.43. The fraction of sp³-hybridized carbons (Fsp3) is 0.278. The Balaban J connectivity index is 1.63. The van der Waals surface area contributed by atoms with Crippen LogP contribution in [-0.2, 0) is 17.5 Å². The number of hydrogen-bond donors (Lipinski definition) is 2. The smallest absolute Gasteiger partial charge is 0.275 e. The molecule has 25 heavy (non-hydrogen) atoms. The molecule has 3 rings (SSSR count). The number of carbonyl (C=O) groups excluding carboxylic acids is 1. The molecule has 1 saturated heterocycles. The highest BCUT2D eigenvalue weighted by Crippen LogP contribution is 2.18. The van der Waals surface area contributed by atoms with Crippen molar-refractivity contribution in [1.82, 2.24) is 14.7 Å². The summed E-state index contributed by atoms with van der Waals surface area (Å²) in [4.78, 5) is 14.5. The number of benzene rings is 2. The van der Waals surface area contributed by atoms with Crippen molar-refractivity contribution in [2.75, 3.05) is 26.2 Å². The summed E-state index contributed by atoms with van der Waals surface area (Å²) in [5, 5.41) is 8.86. The second-order valence-corrected chi connectivity index (χ2v) is 7.33. The van der Waals surface area contributed by atoms with Crippen LogP contribution in [0.15, 0.2) is 59.5 Å². The van der Waals surface area contributed by atoms with Crippen molar-refractivity contribution in [3.05, 3.63) is 65.7 Å². The van der Waals surface area contributed by atoms with Gasteiger partial charge in [-0.05, 0) is 17.7 Å². The molecule has 0 aromatic heterocycles. The minimum absolute atomic E-state index is 0.232. The van der Waals surface area contributed by atoms with Crippen LogP contribution in [0.5, 0.6) is 0 Å². The van der Waals surface area contributed by atoms with Crippen molar-refractivity contribution in [2.45, 2.75) is 11.4 Å². The van der Waals surface area contributed by atoms with Crippen LogP contribution in [-0.4, -0.2) is 50.7 Å². The molecule has 1 atom stereocenters. The quantitative estimate of drug-likeness (QED) is 0.629. The van der Waals surface area contributed by atoms with Crippen LogP contribution in [0.1, 0.15) is 15.9 Å². The second-order valence-electron chi connectivity index (χ2n) is 5.88. The van der Waals surface area contributed by atoms with Crippen LogP contribution < -0.4 is 5.48 Å². The van der Waals surface area contributed by atoms with Crippen LogP contribution in [0.3, 0.4) is 0 Å². The minimum Gasteiger partial charge on any atom is -0.296 e. The van der Waals surface area contributed by atoms with Crippen molar-refractivity contribution in [2.24, 2.45) is 0 Å². The Hall–Kier alpha value is -2.06. The highest BCUT2D eigenvalue weighted by Gasteiger charge is 2.25. The molecule has 1 aliphatic heterocycles. The van der Waals surface area contributed by atoms with E-state index in [2.05, 4.69) is 17.0 Å². The SMILES string of the molecule is O=C(NO)c1ccccc1S(=O)N1CCN(Cc2ccccc2)CC1. The van der Waals surface area contributed by atoms with Gasteiger partial charge in [0.2, 0.25) is 0 Å². The molecule has 132 valence electrons. The van der Waals surface area contributed by atoms with Gasteiger partial charge in [-0.1, -0.05) is 42.5 Å². The molecule has 0 bridgehead atoms. The molecule has 1 aliphatic rings. The van der Waals surface area contributed by atoms with Gasteiger partial charge in [0.15, 0.2) is 0 Å². The van der Waals surface area contributed by atoms with Crippen molar-refractivity contribution >= 4 is 16.9 Å². The van der Waals surface area contributed by atoms with Gasteiger partial charge >= 0.3 is 0 Å². The van der Waals surface area contributed by atoms with Crippen LogP contribution in [0, 0.1) is 0 Å². The maximum atomic E-state index is 12.9. The molecule has 7 heteroatoms. The van der Waals surface area contributed by atoms with Gasteiger partial charge in [0.25, 0.3) is 5.91 Å². The topological polar surface area (TPSA) is 72.9 Å². The zero-order valence-electron chi connectivity index (χ0n) is 13.8. The third-order valence-corrected chi connectivity index (χ3v) is 5.80. The Morgan fingerprint density at radius 1 is 1.00 bits per heavy atom. The number of piperazine rings is 1. The number of carbonyl (C=O) groups is 1. The van der Waals surface area contributed by atoms with Crippen molar-refractivity contribution in [1.29, 1.82) is 0 Å². The molecule has 1 fully saturated rings. The highest BCUT2D eigenvalue weighted by molar-refractivity contribution is 7.82. The first-order chi connectivity index (χ1) is 12.2.